The Kier molecular flexibility index (Phi) is 4.51. The summed E-state index contributed by atoms with van der Waals surface area (Å²) in [5, 5.41) is 10.7. The lowest BCUT2D eigenvalue weighted by Crippen LogP contribution is -2.23. The van der Waals surface area contributed by atoms with Crippen LogP contribution in [0.25, 0.3) is 0 Å². The van der Waals surface area contributed by atoms with Gasteiger partial charge in [-0.15, -0.1) is 0 Å². The van der Waals surface area contributed by atoms with Crippen molar-refractivity contribution in [1.29, 1.82) is 0 Å². The molecule has 0 bridgehead atoms. The van der Waals surface area contributed by atoms with E-state index in [0.29, 0.717) is 12.5 Å². The maximum absolute atomic E-state index is 13.3. The van der Waals surface area contributed by atoms with Crippen LogP contribution < -0.4 is 5.73 Å². The lowest BCUT2D eigenvalue weighted by atomic mass is 10.0. The summed E-state index contributed by atoms with van der Waals surface area (Å²) in [7, 11) is 0. The van der Waals surface area contributed by atoms with E-state index >= 15 is 0 Å². The Bertz CT molecular complexity index is 424. The topological polar surface area (TPSA) is 69.2 Å². The van der Waals surface area contributed by atoms with Crippen LogP contribution in [0, 0.1) is 21.7 Å². The quantitative estimate of drug-likeness (QED) is 0.639. The van der Waals surface area contributed by atoms with Gasteiger partial charge in [0.1, 0.15) is 5.82 Å². The van der Waals surface area contributed by atoms with E-state index in [1.54, 1.807) is 0 Å². The largest absolute Gasteiger partial charge is 0.327 e. The van der Waals surface area contributed by atoms with Crippen LogP contribution in [0.5, 0.6) is 0 Å². The van der Waals surface area contributed by atoms with Gasteiger partial charge in [-0.3, -0.25) is 10.1 Å². The second kappa shape index (κ2) is 5.67. The van der Waals surface area contributed by atoms with Gasteiger partial charge >= 0.3 is 5.69 Å². The first kappa shape index (κ1) is 13.5. The number of nitrogens with zero attached hydrogens (tertiary/aromatic N) is 1. The van der Waals surface area contributed by atoms with Gasteiger partial charge in [0.2, 0.25) is 5.82 Å². The van der Waals surface area contributed by atoms with Crippen molar-refractivity contribution >= 4 is 5.69 Å². The Labute approximate surface area is 97.6 Å². The molecule has 2 N–H and O–H groups in total. The Morgan fingerprint density at radius 1 is 1.47 bits per heavy atom. The number of halogens is 2. The van der Waals surface area contributed by atoms with E-state index in [4.69, 9.17) is 5.73 Å². The summed E-state index contributed by atoms with van der Waals surface area (Å²) in [6.45, 7) is 1.92. The molecule has 1 aromatic carbocycles. The van der Waals surface area contributed by atoms with Crippen molar-refractivity contribution in [3.63, 3.8) is 0 Å². The summed E-state index contributed by atoms with van der Waals surface area (Å²) in [6.07, 6.45) is 1.56. The van der Waals surface area contributed by atoms with Crippen LogP contribution in [0.2, 0.25) is 0 Å². The fourth-order valence-electron chi connectivity index (χ4n) is 1.73. The van der Waals surface area contributed by atoms with E-state index in [9.17, 15) is 18.9 Å². The summed E-state index contributed by atoms with van der Waals surface area (Å²) in [5.41, 5.74) is 5.04. The van der Waals surface area contributed by atoms with Gasteiger partial charge in [0, 0.05) is 17.7 Å². The summed E-state index contributed by atoms with van der Waals surface area (Å²) >= 11 is 0. The molecular weight excluding hydrogens is 230 g/mol. The average molecular weight is 244 g/mol. The van der Waals surface area contributed by atoms with Crippen LogP contribution in [0.4, 0.5) is 14.5 Å². The Balaban J connectivity index is 3.08. The number of hydrogen-bond acceptors (Lipinski definition) is 3. The number of nitro groups is 1. The SMILES string of the molecule is CCCC(N)Cc1cc(F)cc(F)c1[N+](=O)[O-]. The first-order valence-electron chi connectivity index (χ1n) is 5.33. The van der Waals surface area contributed by atoms with Gasteiger partial charge in [0.05, 0.1) is 4.92 Å². The molecule has 0 amide bonds. The molecule has 0 saturated carbocycles. The normalized spacial score (nSPS) is 12.5. The van der Waals surface area contributed by atoms with Crippen LogP contribution in [-0.4, -0.2) is 11.0 Å². The van der Waals surface area contributed by atoms with Crippen LogP contribution in [-0.2, 0) is 6.42 Å². The molecule has 6 heteroatoms. The van der Waals surface area contributed by atoms with Gasteiger partial charge in [-0.1, -0.05) is 13.3 Å². The number of nitro benzene ring substituents is 1. The molecule has 0 aliphatic rings. The number of rotatable bonds is 5. The second-order valence-corrected chi connectivity index (χ2v) is 3.91. The molecule has 0 aromatic heterocycles. The fourth-order valence-corrected chi connectivity index (χ4v) is 1.73. The third kappa shape index (κ3) is 3.45. The summed E-state index contributed by atoms with van der Waals surface area (Å²) in [5.74, 6) is -1.99. The van der Waals surface area contributed by atoms with Crippen LogP contribution in [0.15, 0.2) is 12.1 Å². The van der Waals surface area contributed by atoms with E-state index in [1.807, 2.05) is 6.92 Å². The molecule has 0 fully saturated rings. The second-order valence-electron chi connectivity index (χ2n) is 3.91. The molecule has 0 aliphatic carbocycles. The monoisotopic (exact) mass is 244 g/mol. The molecule has 4 nitrogen and oxygen atoms in total. The van der Waals surface area contributed by atoms with E-state index in [-0.39, 0.29) is 18.0 Å². The summed E-state index contributed by atoms with van der Waals surface area (Å²) in [6, 6.07) is 1.14. The van der Waals surface area contributed by atoms with Crippen molar-refractivity contribution in [1.82, 2.24) is 0 Å². The van der Waals surface area contributed by atoms with Crippen molar-refractivity contribution in [3.8, 4) is 0 Å². The number of hydrogen-bond donors (Lipinski definition) is 1. The molecule has 0 aliphatic heterocycles. The molecule has 0 radical (unpaired) electrons. The average Bonchev–Trinajstić information content (AvgIpc) is 2.15. The molecule has 0 heterocycles. The van der Waals surface area contributed by atoms with Crippen molar-refractivity contribution in [2.24, 2.45) is 5.73 Å². The summed E-state index contributed by atoms with van der Waals surface area (Å²) in [4.78, 5) is 9.85. The maximum Gasteiger partial charge on any atom is 0.308 e. The molecule has 1 rings (SSSR count). The number of nitrogens with two attached hydrogens (primary N) is 1. The minimum absolute atomic E-state index is 0.00782. The minimum Gasteiger partial charge on any atom is -0.327 e. The van der Waals surface area contributed by atoms with Crippen molar-refractivity contribution in [3.05, 3.63) is 39.4 Å². The zero-order valence-corrected chi connectivity index (χ0v) is 9.45. The predicted molar refractivity (Wildman–Crippen MR) is 59.6 cm³/mol. The predicted octanol–water partition coefficient (Wildman–Crippen LogP) is 2.54. The maximum atomic E-state index is 13.3. The smallest absolute Gasteiger partial charge is 0.308 e. The summed E-state index contributed by atoms with van der Waals surface area (Å²) < 4.78 is 26.3. The van der Waals surface area contributed by atoms with Crippen LogP contribution >= 0.6 is 0 Å². The lowest BCUT2D eigenvalue weighted by molar-refractivity contribution is -0.388. The highest BCUT2D eigenvalue weighted by atomic mass is 19.1. The first-order chi connectivity index (χ1) is 7.95. The molecule has 17 heavy (non-hydrogen) atoms. The Morgan fingerprint density at radius 3 is 2.65 bits per heavy atom. The molecule has 1 unspecified atom stereocenters. The highest BCUT2D eigenvalue weighted by molar-refractivity contribution is 5.42. The zero-order chi connectivity index (χ0) is 13.0. The highest BCUT2D eigenvalue weighted by Gasteiger charge is 2.22. The van der Waals surface area contributed by atoms with Gasteiger partial charge in [-0.25, -0.2) is 4.39 Å². The van der Waals surface area contributed by atoms with Gasteiger partial charge in [0.25, 0.3) is 0 Å². The van der Waals surface area contributed by atoms with Crippen LogP contribution in [0.1, 0.15) is 25.3 Å². The van der Waals surface area contributed by atoms with E-state index in [2.05, 4.69) is 0 Å². The van der Waals surface area contributed by atoms with Crippen molar-refractivity contribution < 1.29 is 13.7 Å². The third-order valence-corrected chi connectivity index (χ3v) is 2.43. The van der Waals surface area contributed by atoms with Gasteiger partial charge in [0.15, 0.2) is 0 Å². The van der Waals surface area contributed by atoms with Gasteiger partial charge < -0.3 is 5.73 Å². The number of benzene rings is 1. The van der Waals surface area contributed by atoms with E-state index in [1.165, 1.54) is 0 Å². The molecule has 0 saturated heterocycles. The van der Waals surface area contributed by atoms with Crippen molar-refractivity contribution in [2.75, 3.05) is 0 Å². The minimum atomic E-state index is -1.16. The van der Waals surface area contributed by atoms with Gasteiger partial charge in [-0.05, 0) is 18.9 Å². The van der Waals surface area contributed by atoms with E-state index in [0.717, 1.165) is 12.5 Å². The first-order valence-corrected chi connectivity index (χ1v) is 5.33. The molecule has 1 atom stereocenters. The molecule has 1 aromatic rings. The van der Waals surface area contributed by atoms with E-state index < -0.39 is 22.2 Å². The van der Waals surface area contributed by atoms with Crippen LogP contribution in [0.3, 0.4) is 0 Å². The standard InChI is InChI=1S/C11H14F2N2O2/c1-2-3-9(14)5-7-4-8(12)6-10(13)11(7)15(16)17/h4,6,9H,2-3,5,14H2,1H3. The Morgan fingerprint density at radius 2 is 2.12 bits per heavy atom. The molecule has 94 valence electrons. The van der Waals surface area contributed by atoms with Crippen molar-refractivity contribution in [2.45, 2.75) is 32.2 Å². The highest BCUT2D eigenvalue weighted by Crippen LogP contribution is 2.25. The third-order valence-electron chi connectivity index (χ3n) is 2.43. The molecule has 0 spiro atoms. The van der Waals surface area contributed by atoms with Gasteiger partial charge in [-0.2, -0.15) is 4.39 Å². The molecular formula is C11H14F2N2O2. The fraction of sp³-hybridized carbons (Fsp3) is 0.455. The zero-order valence-electron chi connectivity index (χ0n) is 9.45. The lowest BCUT2D eigenvalue weighted by Gasteiger charge is -2.10. The Hall–Kier alpha value is -1.56.